The minimum atomic E-state index is -0.0535. The van der Waals surface area contributed by atoms with E-state index < -0.39 is 0 Å². The normalized spacial score (nSPS) is 11.8. The lowest BCUT2D eigenvalue weighted by Crippen LogP contribution is -2.27. The lowest BCUT2D eigenvalue weighted by Gasteiger charge is -2.21. The van der Waals surface area contributed by atoms with Crippen LogP contribution in [0, 0.1) is 0 Å². The quantitative estimate of drug-likeness (QED) is 0.757. The number of anilines is 2. The van der Waals surface area contributed by atoms with E-state index >= 15 is 0 Å². The number of aromatic amines is 1. The Morgan fingerprint density at radius 1 is 1.29 bits per heavy atom. The topological polar surface area (TPSA) is 78.5 Å². The second-order valence-electron chi connectivity index (χ2n) is 4.93. The van der Waals surface area contributed by atoms with Crippen LogP contribution in [-0.2, 0) is 0 Å². The highest BCUT2D eigenvalue weighted by molar-refractivity contribution is 5.87. The molecule has 0 saturated heterocycles. The van der Waals surface area contributed by atoms with Crippen molar-refractivity contribution in [3.8, 4) is 0 Å². The van der Waals surface area contributed by atoms with E-state index in [1.807, 2.05) is 6.92 Å². The summed E-state index contributed by atoms with van der Waals surface area (Å²) in [6, 6.07) is 0. The van der Waals surface area contributed by atoms with E-state index in [1.165, 1.54) is 0 Å². The van der Waals surface area contributed by atoms with Gasteiger partial charge in [0.25, 0.3) is 0 Å². The van der Waals surface area contributed by atoms with Crippen LogP contribution in [0.2, 0.25) is 0 Å². The van der Waals surface area contributed by atoms with E-state index in [4.69, 9.17) is 0 Å². The van der Waals surface area contributed by atoms with Crippen LogP contribution in [-0.4, -0.2) is 32.2 Å². The van der Waals surface area contributed by atoms with Gasteiger partial charge in [0, 0.05) is 12.1 Å². The monoisotopic (exact) mass is 234 g/mol. The number of aromatic nitrogens is 4. The molecule has 2 rings (SSSR count). The van der Waals surface area contributed by atoms with Crippen molar-refractivity contribution in [2.45, 2.75) is 33.2 Å². The van der Waals surface area contributed by atoms with Crippen molar-refractivity contribution < 1.29 is 0 Å². The van der Waals surface area contributed by atoms with Gasteiger partial charge in [0.1, 0.15) is 5.82 Å². The second kappa shape index (κ2) is 4.20. The molecule has 0 aromatic carbocycles. The smallest absolute Gasteiger partial charge is 0.226 e. The van der Waals surface area contributed by atoms with Gasteiger partial charge in [-0.15, -0.1) is 0 Å². The van der Waals surface area contributed by atoms with Crippen LogP contribution < -0.4 is 10.6 Å². The molecular formula is C11H18N6. The molecule has 0 aliphatic rings. The van der Waals surface area contributed by atoms with Gasteiger partial charge in [0.15, 0.2) is 5.65 Å². The van der Waals surface area contributed by atoms with Crippen LogP contribution in [0.25, 0.3) is 11.0 Å². The zero-order valence-corrected chi connectivity index (χ0v) is 10.6. The Balaban J connectivity index is 2.47. The summed E-state index contributed by atoms with van der Waals surface area (Å²) in [5.74, 6) is 1.41. The van der Waals surface area contributed by atoms with Crippen LogP contribution in [0.5, 0.6) is 0 Å². The van der Waals surface area contributed by atoms with Gasteiger partial charge in [-0.3, -0.25) is 5.10 Å². The maximum absolute atomic E-state index is 4.45. The van der Waals surface area contributed by atoms with Crippen molar-refractivity contribution in [2.75, 3.05) is 17.2 Å². The van der Waals surface area contributed by atoms with Crippen molar-refractivity contribution in [3.63, 3.8) is 0 Å². The van der Waals surface area contributed by atoms with Crippen LogP contribution in [0.15, 0.2) is 6.20 Å². The Morgan fingerprint density at radius 3 is 2.71 bits per heavy atom. The fourth-order valence-corrected chi connectivity index (χ4v) is 1.52. The van der Waals surface area contributed by atoms with Gasteiger partial charge in [-0.25, -0.2) is 0 Å². The summed E-state index contributed by atoms with van der Waals surface area (Å²) in [6.45, 7) is 9.07. The van der Waals surface area contributed by atoms with E-state index in [2.05, 4.69) is 51.6 Å². The van der Waals surface area contributed by atoms with Crippen LogP contribution in [0.3, 0.4) is 0 Å². The lowest BCUT2D eigenvalue weighted by atomic mass is 10.1. The molecule has 0 bridgehead atoms. The first kappa shape index (κ1) is 11.6. The molecule has 92 valence electrons. The molecule has 0 fully saturated rings. The molecule has 2 heterocycles. The zero-order valence-electron chi connectivity index (χ0n) is 10.6. The third-order valence-electron chi connectivity index (χ3n) is 2.14. The standard InChI is InChI=1S/C11H18N6/c1-5-12-10-14-8(16-11(2,3)4)7-6-13-17-9(7)15-10/h6H,5H2,1-4H3,(H3,12,13,14,15,16,17). The minimum Gasteiger partial charge on any atom is -0.365 e. The van der Waals surface area contributed by atoms with Crippen molar-refractivity contribution in [3.05, 3.63) is 6.20 Å². The van der Waals surface area contributed by atoms with Crippen molar-refractivity contribution in [2.24, 2.45) is 0 Å². The van der Waals surface area contributed by atoms with Crippen LogP contribution >= 0.6 is 0 Å². The first-order valence-electron chi connectivity index (χ1n) is 5.73. The SMILES string of the molecule is CCNc1nc(NC(C)(C)C)c2cn[nH]c2n1. The molecule has 2 aromatic heterocycles. The largest absolute Gasteiger partial charge is 0.365 e. The summed E-state index contributed by atoms with van der Waals surface area (Å²) in [4.78, 5) is 8.79. The van der Waals surface area contributed by atoms with Gasteiger partial charge in [0.05, 0.1) is 11.6 Å². The van der Waals surface area contributed by atoms with Crippen molar-refractivity contribution in [1.29, 1.82) is 0 Å². The molecule has 3 N–H and O–H groups in total. The fourth-order valence-electron chi connectivity index (χ4n) is 1.52. The molecule has 2 aromatic rings. The highest BCUT2D eigenvalue weighted by Gasteiger charge is 2.15. The average molecular weight is 234 g/mol. The molecule has 0 unspecified atom stereocenters. The molecule has 0 spiro atoms. The van der Waals surface area contributed by atoms with Crippen molar-refractivity contribution in [1.82, 2.24) is 20.2 Å². The van der Waals surface area contributed by atoms with Gasteiger partial charge in [-0.1, -0.05) is 0 Å². The maximum Gasteiger partial charge on any atom is 0.226 e. The van der Waals surface area contributed by atoms with E-state index in [0.717, 1.165) is 23.4 Å². The number of H-pyrrole nitrogens is 1. The number of hydrogen-bond donors (Lipinski definition) is 3. The molecule has 0 aliphatic carbocycles. The molecule has 6 heteroatoms. The van der Waals surface area contributed by atoms with E-state index in [0.29, 0.717) is 5.95 Å². The van der Waals surface area contributed by atoms with Crippen molar-refractivity contribution >= 4 is 22.8 Å². The Morgan fingerprint density at radius 2 is 2.06 bits per heavy atom. The maximum atomic E-state index is 4.45. The Bertz CT molecular complexity index is 510. The molecule has 17 heavy (non-hydrogen) atoms. The number of hydrogen-bond acceptors (Lipinski definition) is 5. The molecular weight excluding hydrogens is 216 g/mol. The van der Waals surface area contributed by atoms with E-state index in [-0.39, 0.29) is 5.54 Å². The predicted octanol–water partition coefficient (Wildman–Crippen LogP) is 2.00. The Kier molecular flexibility index (Phi) is 2.87. The average Bonchev–Trinajstić information content (AvgIpc) is 2.63. The van der Waals surface area contributed by atoms with Gasteiger partial charge in [0.2, 0.25) is 5.95 Å². The highest BCUT2D eigenvalue weighted by Crippen LogP contribution is 2.22. The molecule has 0 saturated carbocycles. The first-order chi connectivity index (χ1) is 7.99. The van der Waals surface area contributed by atoms with Gasteiger partial charge in [-0.2, -0.15) is 15.1 Å². The third-order valence-corrected chi connectivity index (χ3v) is 2.14. The molecule has 0 amide bonds. The van der Waals surface area contributed by atoms with E-state index in [1.54, 1.807) is 6.20 Å². The van der Waals surface area contributed by atoms with Gasteiger partial charge in [-0.05, 0) is 27.7 Å². The fraction of sp³-hybridized carbons (Fsp3) is 0.545. The molecule has 6 nitrogen and oxygen atoms in total. The summed E-state index contributed by atoms with van der Waals surface area (Å²) in [7, 11) is 0. The minimum absolute atomic E-state index is 0.0535. The Labute approximate surface area is 100 Å². The predicted molar refractivity (Wildman–Crippen MR) is 69.2 cm³/mol. The third kappa shape index (κ3) is 2.64. The van der Waals surface area contributed by atoms with Gasteiger partial charge < -0.3 is 10.6 Å². The molecule has 0 atom stereocenters. The van der Waals surface area contributed by atoms with Crippen LogP contribution in [0.4, 0.5) is 11.8 Å². The number of nitrogens with one attached hydrogen (secondary N) is 3. The highest BCUT2D eigenvalue weighted by atomic mass is 15.2. The number of nitrogens with zero attached hydrogens (tertiary/aromatic N) is 3. The number of rotatable bonds is 3. The molecule has 0 aliphatic heterocycles. The summed E-state index contributed by atoms with van der Waals surface area (Å²) in [5.41, 5.74) is 0.685. The summed E-state index contributed by atoms with van der Waals surface area (Å²) >= 11 is 0. The summed E-state index contributed by atoms with van der Waals surface area (Å²) in [6.07, 6.45) is 1.74. The lowest BCUT2D eigenvalue weighted by molar-refractivity contribution is 0.631. The first-order valence-corrected chi connectivity index (χ1v) is 5.73. The summed E-state index contributed by atoms with van der Waals surface area (Å²) in [5, 5.41) is 14.2. The second-order valence-corrected chi connectivity index (χ2v) is 4.93. The molecule has 0 radical (unpaired) electrons. The number of fused-ring (bicyclic) bond motifs is 1. The summed E-state index contributed by atoms with van der Waals surface area (Å²) < 4.78 is 0. The van der Waals surface area contributed by atoms with Crippen LogP contribution in [0.1, 0.15) is 27.7 Å². The van der Waals surface area contributed by atoms with Gasteiger partial charge >= 0.3 is 0 Å². The zero-order chi connectivity index (χ0) is 12.5. The van der Waals surface area contributed by atoms with E-state index in [9.17, 15) is 0 Å². The Hall–Kier alpha value is -1.85.